The molecule has 132 valence electrons. The van der Waals surface area contributed by atoms with Crippen molar-refractivity contribution in [3.63, 3.8) is 0 Å². The Kier molecular flexibility index (Phi) is 5.35. The number of carboxylic acid groups (broad SMARTS) is 1. The van der Waals surface area contributed by atoms with Crippen LogP contribution in [-0.2, 0) is 4.74 Å². The lowest BCUT2D eigenvalue weighted by molar-refractivity contribution is 0.0681. The molecule has 0 bridgehead atoms. The summed E-state index contributed by atoms with van der Waals surface area (Å²) in [6.07, 6.45) is 2.09. The highest BCUT2D eigenvalue weighted by molar-refractivity contribution is 7.15. The number of amides is 1. The van der Waals surface area contributed by atoms with Gasteiger partial charge >= 0.3 is 5.97 Å². The summed E-state index contributed by atoms with van der Waals surface area (Å²) < 4.78 is 11.4. The van der Waals surface area contributed by atoms with Crippen molar-refractivity contribution in [2.75, 3.05) is 18.5 Å². The van der Waals surface area contributed by atoms with Gasteiger partial charge in [0, 0.05) is 6.61 Å². The van der Waals surface area contributed by atoms with Gasteiger partial charge in [-0.15, -0.1) is 11.3 Å². The zero-order valence-electron chi connectivity index (χ0n) is 13.8. The lowest BCUT2D eigenvalue weighted by Crippen LogP contribution is -2.18. The van der Waals surface area contributed by atoms with Gasteiger partial charge < -0.3 is 19.9 Å². The molecule has 2 N–H and O–H groups in total. The Morgan fingerprint density at radius 2 is 2.12 bits per heavy atom. The van der Waals surface area contributed by atoms with Crippen molar-refractivity contribution >= 4 is 28.9 Å². The van der Waals surface area contributed by atoms with Gasteiger partial charge in [-0.2, -0.15) is 0 Å². The van der Waals surface area contributed by atoms with Crippen LogP contribution in [0.3, 0.4) is 0 Å². The van der Waals surface area contributed by atoms with Crippen LogP contribution in [0.5, 0.6) is 5.75 Å². The molecule has 2 heterocycles. The molecule has 1 saturated heterocycles. The number of carboxylic acids is 1. The molecular weight excluding hydrogens is 342 g/mol. The van der Waals surface area contributed by atoms with Gasteiger partial charge in [-0.1, -0.05) is 6.07 Å². The smallest absolute Gasteiger partial charge is 0.345 e. The Bertz CT molecular complexity index is 780. The second kappa shape index (κ2) is 7.67. The molecule has 6 nitrogen and oxygen atoms in total. The number of aromatic carboxylic acids is 1. The van der Waals surface area contributed by atoms with E-state index in [0.29, 0.717) is 22.9 Å². The second-order valence-electron chi connectivity index (χ2n) is 5.87. The molecular formula is C18H19NO5S. The SMILES string of the molecule is Cc1ccc(NC(=O)c2ccc(C(=O)O)s2)c(OCC2CCCO2)c1. The van der Waals surface area contributed by atoms with Crippen LogP contribution in [0, 0.1) is 6.92 Å². The van der Waals surface area contributed by atoms with E-state index in [-0.39, 0.29) is 16.9 Å². The van der Waals surface area contributed by atoms with E-state index in [2.05, 4.69) is 5.32 Å². The molecule has 1 unspecified atom stereocenters. The van der Waals surface area contributed by atoms with Gasteiger partial charge in [0.15, 0.2) is 0 Å². The first-order valence-electron chi connectivity index (χ1n) is 8.02. The molecule has 0 aliphatic carbocycles. The molecule has 1 aromatic heterocycles. The highest BCUT2D eigenvalue weighted by atomic mass is 32.1. The average Bonchev–Trinajstić information content (AvgIpc) is 3.26. The summed E-state index contributed by atoms with van der Waals surface area (Å²) in [5.74, 6) is -0.817. The van der Waals surface area contributed by atoms with E-state index in [0.717, 1.165) is 36.3 Å². The van der Waals surface area contributed by atoms with Crippen molar-refractivity contribution in [2.45, 2.75) is 25.9 Å². The van der Waals surface area contributed by atoms with E-state index in [4.69, 9.17) is 14.6 Å². The first kappa shape index (κ1) is 17.4. The zero-order valence-corrected chi connectivity index (χ0v) is 14.6. The van der Waals surface area contributed by atoms with Gasteiger partial charge in [0.25, 0.3) is 5.91 Å². The number of aryl methyl sites for hydroxylation is 1. The molecule has 1 aliphatic rings. The van der Waals surface area contributed by atoms with Crippen LogP contribution in [0.25, 0.3) is 0 Å². The lowest BCUT2D eigenvalue weighted by Gasteiger charge is -2.15. The molecule has 1 aliphatic heterocycles. The van der Waals surface area contributed by atoms with Gasteiger partial charge in [0.2, 0.25) is 0 Å². The maximum atomic E-state index is 12.4. The Morgan fingerprint density at radius 3 is 2.80 bits per heavy atom. The molecule has 7 heteroatoms. The summed E-state index contributed by atoms with van der Waals surface area (Å²) in [6, 6.07) is 8.45. The number of hydrogen-bond acceptors (Lipinski definition) is 5. The number of benzene rings is 1. The normalized spacial score (nSPS) is 16.6. The van der Waals surface area contributed by atoms with Gasteiger partial charge in [0.1, 0.15) is 17.2 Å². The number of hydrogen-bond donors (Lipinski definition) is 2. The average molecular weight is 361 g/mol. The van der Waals surface area contributed by atoms with E-state index in [1.807, 2.05) is 19.1 Å². The Labute approximate surface area is 149 Å². The minimum Gasteiger partial charge on any atom is -0.489 e. The fourth-order valence-electron chi connectivity index (χ4n) is 2.57. The fourth-order valence-corrected chi connectivity index (χ4v) is 3.31. The predicted octanol–water partition coefficient (Wildman–Crippen LogP) is 3.56. The molecule has 1 fully saturated rings. The molecule has 1 atom stereocenters. The second-order valence-corrected chi connectivity index (χ2v) is 6.95. The topological polar surface area (TPSA) is 84.9 Å². The van der Waals surface area contributed by atoms with Gasteiger partial charge in [-0.05, 0) is 49.6 Å². The van der Waals surface area contributed by atoms with Crippen LogP contribution in [0.15, 0.2) is 30.3 Å². The third-order valence-electron chi connectivity index (χ3n) is 3.87. The van der Waals surface area contributed by atoms with Crippen molar-refractivity contribution in [3.05, 3.63) is 45.6 Å². The molecule has 3 rings (SSSR count). The molecule has 25 heavy (non-hydrogen) atoms. The first-order valence-corrected chi connectivity index (χ1v) is 8.84. The van der Waals surface area contributed by atoms with Crippen molar-refractivity contribution in [2.24, 2.45) is 0 Å². The quantitative estimate of drug-likeness (QED) is 0.822. The molecule has 2 aromatic rings. The standard InChI is InChI=1S/C18H19NO5S/c1-11-4-5-13(14(9-11)24-10-12-3-2-8-23-12)19-17(20)15-6-7-16(25-15)18(21)22/h4-7,9,12H,2-3,8,10H2,1H3,(H,19,20)(H,21,22). The number of rotatable bonds is 6. The Hall–Kier alpha value is -2.38. The Balaban J connectivity index is 1.71. The van der Waals surface area contributed by atoms with Crippen LogP contribution in [0.2, 0.25) is 0 Å². The van der Waals surface area contributed by atoms with Crippen LogP contribution in [0.1, 0.15) is 37.7 Å². The summed E-state index contributed by atoms with van der Waals surface area (Å²) >= 11 is 0.939. The first-order chi connectivity index (χ1) is 12.0. The van der Waals surface area contributed by atoms with Crippen molar-refractivity contribution < 1.29 is 24.2 Å². The predicted molar refractivity (Wildman–Crippen MR) is 94.9 cm³/mol. The number of ether oxygens (including phenoxy) is 2. The van der Waals surface area contributed by atoms with Crippen LogP contribution < -0.4 is 10.1 Å². The van der Waals surface area contributed by atoms with Crippen molar-refractivity contribution in [1.29, 1.82) is 0 Å². The highest BCUT2D eigenvalue weighted by Gasteiger charge is 2.18. The number of carbonyl (C=O) groups excluding carboxylic acids is 1. The molecule has 0 spiro atoms. The summed E-state index contributed by atoms with van der Waals surface area (Å²) in [5.41, 5.74) is 1.57. The minimum atomic E-state index is -1.04. The summed E-state index contributed by atoms with van der Waals surface area (Å²) in [4.78, 5) is 23.8. The number of carbonyl (C=O) groups is 2. The van der Waals surface area contributed by atoms with Crippen molar-refractivity contribution in [1.82, 2.24) is 0 Å². The van der Waals surface area contributed by atoms with Gasteiger partial charge in [-0.25, -0.2) is 4.79 Å². The van der Waals surface area contributed by atoms with E-state index in [9.17, 15) is 9.59 Å². The molecule has 0 radical (unpaired) electrons. The molecule has 1 aromatic carbocycles. The summed E-state index contributed by atoms with van der Waals surface area (Å²) in [6.45, 7) is 3.15. The van der Waals surface area contributed by atoms with Crippen molar-refractivity contribution in [3.8, 4) is 5.75 Å². The largest absolute Gasteiger partial charge is 0.489 e. The van der Waals surface area contributed by atoms with Gasteiger partial charge in [0.05, 0.1) is 16.7 Å². The maximum absolute atomic E-state index is 12.4. The lowest BCUT2D eigenvalue weighted by atomic mass is 10.2. The third-order valence-corrected chi connectivity index (χ3v) is 4.95. The minimum absolute atomic E-state index is 0.0829. The summed E-state index contributed by atoms with van der Waals surface area (Å²) in [7, 11) is 0. The number of anilines is 1. The van der Waals surface area contributed by atoms with E-state index in [1.54, 1.807) is 6.07 Å². The summed E-state index contributed by atoms with van der Waals surface area (Å²) in [5, 5.41) is 11.8. The monoisotopic (exact) mass is 361 g/mol. The number of thiophene rings is 1. The number of nitrogens with one attached hydrogen (secondary N) is 1. The highest BCUT2D eigenvalue weighted by Crippen LogP contribution is 2.28. The Morgan fingerprint density at radius 1 is 1.32 bits per heavy atom. The zero-order chi connectivity index (χ0) is 17.8. The van der Waals surface area contributed by atoms with Crippen LogP contribution >= 0.6 is 11.3 Å². The molecule has 0 saturated carbocycles. The maximum Gasteiger partial charge on any atom is 0.345 e. The third kappa shape index (κ3) is 4.37. The van der Waals surface area contributed by atoms with Crippen LogP contribution in [0.4, 0.5) is 5.69 Å². The fraction of sp³-hybridized carbons (Fsp3) is 0.333. The van der Waals surface area contributed by atoms with Crippen LogP contribution in [-0.4, -0.2) is 36.3 Å². The van der Waals surface area contributed by atoms with E-state index < -0.39 is 5.97 Å². The van der Waals surface area contributed by atoms with E-state index >= 15 is 0 Å². The van der Waals surface area contributed by atoms with Gasteiger partial charge in [-0.3, -0.25) is 4.79 Å². The van der Waals surface area contributed by atoms with E-state index in [1.165, 1.54) is 12.1 Å². The molecule has 1 amide bonds.